The quantitative estimate of drug-likeness (QED) is 0.872. The van der Waals surface area contributed by atoms with Gasteiger partial charge in [-0.05, 0) is 23.8 Å². The molecule has 1 aromatic carbocycles. The van der Waals surface area contributed by atoms with Crippen molar-refractivity contribution in [3.8, 4) is 5.75 Å². The van der Waals surface area contributed by atoms with E-state index in [-0.39, 0.29) is 11.7 Å². The van der Waals surface area contributed by atoms with E-state index in [1.807, 2.05) is 24.3 Å². The summed E-state index contributed by atoms with van der Waals surface area (Å²) in [6.07, 6.45) is 1.64. The molecule has 1 amide bonds. The van der Waals surface area contributed by atoms with Crippen molar-refractivity contribution >= 4 is 5.91 Å². The van der Waals surface area contributed by atoms with E-state index in [9.17, 15) is 9.90 Å². The highest BCUT2D eigenvalue weighted by atomic mass is 16.3. The molecule has 4 heteroatoms. The lowest BCUT2D eigenvalue weighted by Gasteiger charge is -2.15. The Morgan fingerprint density at radius 3 is 2.72 bits per heavy atom. The molecule has 3 rings (SSSR count). The predicted octanol–water partition coefficient (Wildman–Crippen LogP) is 1.94. The van der Waals surface area contributed by atoms with E-state index in [1.54, 1.807) is 23.2 Å². The molecule has 2 aromatic rings. The fraction of sp³-hybridized carbons (Fsp3) is 0.143. The fourth-order valence-electron chi connectivity index (χ4n) is 2.14. The number of carbonyl (C=O) groups excluding carboxylic acids is 1. The fourth-order valence-corrected chi connectivity index (χ4v) is 2.14. The first-order valence-corrected chi connectivity index (χ1v) is 5.75. The molecule has 1 aliphatic heterocycles. The Kier molecular flexibility index (Phi) is 2.48. The smallest absolute Gasteiger partial charge is 0.273 e. The molecule has 18 heavy (non-hydrogen) atoms. The van der Waals surface area contributed by atoms with Gasteiger partial charge >= 0.3 is 0 Å². The van der Waals surface area contributed by atoms with Gasteiger partial charge in [0.2, 0.25) is 0 Å². The van der Waals surface area contributed by atoms with Crippen molar-refractivity contribution < 1.29 is 9.90 Å². The van der Waals surface area contributed by atoms with E-state index < -0.39 is 0 Å². The van der Waals surface area contributed by atoms with Crippen LogP contribution in [0.4, 0.5) is 0 Å². The maximum Gasteiger partial charge on any atom is 0.273 e. The van der Waals surface area contributed by atoms with Crippen LogP contribution < -0.4 is 0 Å². The van der Waals surface area contributed by atoms with Gasteiger partial charge in [-0.1, -0.05) is 18.2 Å². The van der Waals surface area contributed by atoms with Crippen LogP contribution in [0.15, 0.2) is 42.6 Å². The molecule has 4 nitrogen and oxygen atoms in total. The van der Waals surface area contributed by atoms with Gasteiger partial charge in [0.1, 0.15) is 11.4 Å². The van der Waals surface area contributed by atoms with Gasteiger partial charge in [0.05, 0.1) is 0 Å². The number of pyridine rings is 1. The van der Waals surface area contributed by atoms with Crippen molar-refractivity contribution in [3.05, 3.63) is 59.4 Å². The number of aromatic nitrogens is 1. The summed E-state index contributed by atoms with van der Waals surface area (Å²) >= 11 is 0. The number of rotatable bonds is 2. The Morgan fingerprint density at radius 1 is 1.22 bits per heavy atom. The van der Waals surface area contributed by atoms with Gasteiger partial charge < -0.3 is 10.0 Å². The summed E-state index contributed by atoms with van der Waals surface area (Å²) in [7, 11) is 0. The number of hydrogen-bond acceptors (Lipinski definition) is 3. The van der Waals surface area contributed by atoms with Crippen LogP contribution in [0.25, 0.3) is 0 Å². The molecule has 0 atom stereocenters. The molecule has 0 spiro atoms. The average molecular weight is 240 g/mol. The molecule has 0 radical (unpaired) electrons. The Hall–Kier alpha value is -2.36. The molecule has 0 aliphatic carbocycles. The van der Waals surface area contributed by atoms with E-state index in [1.165, 1.54) is 0 Å². The molecule has 2 heterocycles. The lowest BCUT2D eigenvalue weighted by atomic mass is 10.2. The van der Waals surface area contributed by atoms with E-state index in [0.29, 0.717) is 18.8 Å². The van der Waals surface area contributed by atoms with Gasteiger partial charge in [-0.3, -0.25) is 9.78 Å². The molecular formula is C14H12N2O2. The zero-order chi connectivity index (χ0) is 12.5. The second kappa shape index (κ2) is 4.14. The first kappa shape index (κ1) is 10.8. The lowest BCUT2D eigenvalue weighted by Crippen LogP contribution is -2.23. The van der Waals surface area contributed by atoms with E-state index in [4.69, 9.17) is 0 Å². The summed E-state index contributed by atoms with van der Waals surface area (Å²) in [6, 6.07) is 10.7. The third-order valence-corrected chi connectivity index (χ3v) is 3.05. The van der Waals surface area contributed by atoms with Crippen LogP contribution in [0.1, 0.15) is 21.6 Å². The van der Waals surface area contributed by atoms with E-state index in [2.05, 4.69) is 4.98 Å². The standard InChI is InChI=1S/C14H12N2O2/c17-12-5-3-10(4-6-12)8-16-9-11-2-1-7-15-13(11)14(16)18/h1-7,17H,8-9H2. The number of phenols is 1. The van der Waals surface area contributed by atoms with Crippen molar-refractivity contribution in [2.45, 2.75) is 13.1 Å². The molecule has 0 unspecified atom stereocenters. The van der Waals surface area contributed by atoms with Crippen molar-refractivity contribution in [1.82, 2.24) is 9.88 Å². The highest BCUT2D eigenvalue weighted by Gasteiger charge is 2.28. The van der Waals surface area contributed by atoms with Crippen molar-refractivity contribution in [2.24, 2.45) is 0 Å². The monoisotopic (exact) mass is 240 g/mol. The van der Waals surface area contributed by atoms with E-state index in [0.717, 1.165) is 11.1 Å². The summed E-state index contributed by atoms with van der Waals surface area (Å²) in [5.74, 6) is 0.204. The van der Waals surface area contributed by atoms with Crippen LogP contribution in [0, 0.1) is 0 Å². The summed E-state index contributed by atoms with van der Waals surface area (Å²) in [5.41, 5.74) is 2.52. The Morgan fingerprint density at radius 2 is 2.00 bits per heavy atom. The molecular weight excluding hydrogens is 228 g/mol. The summed E-state index contributed by atoms with van der Waals surface area (Å²) < 4.78 is 0. The van der Waals surface area contributed by atoms with Crippen LogP contribution >= 0.6 is 0 Å². The molecule has 1 aliphatic rings. The number of hydrogen-bond donors (Lipinski definition) is 1. The Labute approximate surface area is 105 Å². The predicted molar refractivity (Wildman–Crippen MR) is 65.9 cm³/mol. The first-order chi connectivity index (χ1) is 8.74. The lowest BCUT2D eigenvalue weighted by molar-refractivity contribution is 0.0762. The highest BCUT2D eigenvalue weighted by molar-refractivity contribution is 5.96. The number of benzene rings is 1. The van der Waals surface area contributed by atoms with Crippen LogP contribution in [-0.4, -0.2) is 20.9 Å². The first-order valence-electron chi connectivity index (χ1n) is 5.75. The molecule has 0 bridgehead atoms. The Bertz CT molecular complexity index is 593. The van der Waals surface area contributed by atoms with Crippen LogP contribution in [0.5, 0.6) is 5.75 Å². The number of fused-ring (bicyclic) bond motifs is 1. The zero-order valence-corrected chi connectivity index (χ0v) is 9.71. The van der Waals surface area contributed by atoms with Gasteiger partial charge in [0, 0.05) is 24.8 Å². The molecule has 0 fully saturated rings. The molecule has 1 N–H and O–H groups in total. The SMILES string of the molecule is O=C1c2ncccc2CN1Cc1ccc(O)cc1. The van der Waals surface area contributed by atoms with Gasteiger partial charge in [-0.15, -0.1) is 0 Å². The second-order valence-corrected chi connectivity index (χ2v) is 4.34. The maximum absolute atomic E-state index is 12.1. The minimum absolute atomic E-state index is 0.0290. The van der Waals surface area contributed by atoms with Crippen molar-refractivity contribution in [2.75, 3.05) is 0 Å². The molecule has 0 saturated heterocycles. The number of phenolic OH excluding ortho intramolecular Hbond substituents is 1. The van der Waals surface area contributed by atoms with Gasteiger partial charge in [0.15, 0.2) is 0 Å². The number of nitrogens with zero attached hydrogens (tertiary/aromatic N) is 2. The van der Waals surface area contributed by atoms with Crippen LogP contribution in [-0.2, 0) is 13.1 Å². The van der Waals surface area contributed by atoms with E-state index >= 15 is 0 Å². The highest BCUT2D eigenvalue weighted by Crippen LogP contribution is 2.22. The zero-order valence-electron chi connectivity index (χ0n) is 9.71. The van der Waals surface area contributed by atoms with Crippen molar-refractivity contribution in [1.29, 1.82) is 0 Å². The number of aromatic hydroxyl groups is 1. The second-order valence-electron chi connectivity index (χ2n) is 4.34. The summed E-state index contributed by atoms with van der Waals surface area (Å²) in [5, 5.41) is 9.22. The third kappa shape index (κ3) is 1.82. The average Bonchev–Trinajstić information content (AvgIpc) is 2.70. The number of amides is 1. The molecule has 0 saturated carbocycles. The number of carbonyl (C=O) groups is 1. The van der Waals surface area contributed by atoms with Gasteiger partial charge in [-0.25, -0.2) is 0 Å². The molecule has 90 valence electrons. The largest absolute Gasteiger partial charge is 0.508 e. The normalized spacial score (nSPS) is 13.8. The maximum atomic E-state index is 12.1. The summed E-state index contributed by atoms with van der Waals surface area (Å²) in [6.45, 7) is 1.14. The van der Waals surface area contributed by atoms with Crippen LogP contribution in [0.3, 0.4) is 0 Å². The minimum Gasteiger partial charge on any atom is -0.508 e. The molecule has 1 aromatic heterocycles. The Balaban J connectivity index is 1.81. The van der Waals surface area contributed by atoms with Crippen LogP contribution in [0.2, 0.25) is 0 Å². The van der Waals surface area contributed by atoms with Gasteiger partial charge in [-0.2, -0.15) is 0 Å². The third-order valence-electron chi connectivity index (χ3n) is 3.05. The topological polar surface area (TPSA) is 53.4 Å². The van der Waals surface area contributed by atoms with Crippen molar-refractivity contribution in [3.63, 3.8) is 0 Å². The van der Waals surface area contributed by atoms with Gasteiger partial charge in [0.25, 0.3) is 5.91 Å². The summed E-state index contributed by atoms with van der Waals surface area (Å²) in [4.78, 5) is 18.0. The minimum atomic E-state index is -0.0290.